The topological polar surface area (TPSA) is 102 Å². The molecular formula is C24H24N2O7. The fraction of sp³-hybridized carbons (Fsp3) is 0.333. The van der Waals surface area contributed by atoms with Crippen molar-refractivity contribution in [3.05, 3.63) is 59.7 Å². The number of rotatable bonds is 7. The number of hydrogen-bond acceptors (Lipinski definition) is 8. The first-order valence-corrected chi connectivity index (χ1v) is 10.6. The lowest BCUT2D eigenvalue weighted by Gasteiger charge is -2.30. The maximum absolute atomic E-state index is 12.9. The minimum Gasteiger partial charge on any atom is -0.496 e. The van der Waals surface area contributed by atoms with E-state index in [2.05, 4.69) is 0 Å². The molecule has 0 saturated carbocycles. The highest BCUT2D eigenvalue weighted by Crippen LogP contribution is 2.26. The van der Waals surface area contributed by atoms with Gasteiger partial charge >= 0.3 is 5.97 Å². The highest BCUT2D eigenvalue weighted by atomic mass is 16.5. The SMILES string of the molecule is COc1ccccc1C(=O)COC(=O)c1ccc(N2C(=O)CC(N3CCOCC3)C2=O)cc1. The summed E-state index contributed by atoms with van der Waals surface area (Å²) >= 11 is 0. The number of imide groups is 1. The fourth-order valence-corrected chi connectivity index (χ4v) is 3.98. The van der Waals surface area contributed by atoms with Crippen molar-refractivity contribution in [1.82, 2.24) is 4.90 Å². The summed E-state index contributed by atoms with van der Waals surface area (Å²) in [6.07, 6.45) is 0.119. The van der Waals surface area contributed by atoms with Crippen molar-refractivity contribution >= 4 is 29.3 Å². The van der Waals surface area contributed by atoms with Gasteiger partial charge in [0.1, 0.15) is 5.75 Å². The van der Waals surface area contributed by atoms with Crippen molar-refractivity contribution in [1.29, 1.82) is 0 Å². The normalized spacial score (nSPS) is 18.9. The molecular weight excluding hydrogens is 428 g/mol. The molecule has 4 rings (SSSR count). The van der Waals surface area contributed by atoms with Crippen LogP contribution in [-0.4, -0.2) is 74.5 Å². The van der Waals surface area contributed by atoms with E-state index in [-0.39, 0.29) is 29.6 Å². The molecule has 2 aliphatic rings. The Bertz CT molecular complexity index is 1060. The van der Waals surface area contributed by atoms with Crippen molar-refractivity contribution in [2.45, 2.75) is 12.5 Å². The van der Waals surface area contributed by atoms with E-state index in [1.807, 2.05) is 4.90 Å². The zero-order valence-electron chi connectivity index (χ0n) is 18.2. The molecule has 0 aliphatic carbocycles. The molecule has 0 spiro atoms. The van der Waals surface area contributed by atoms with Crippen LogP contribution in [0.2, 0.25) is 0 Å². The van der Waals surface area contributed by atoms with E-state index in [4.69, 9.17) is 14.2 Å². The number of esters is 1. The van der Waals surface area contributed by atoms with Gasteiger partial charge < -0.3 is 14.2 Å². The van der Waals surface area contributed by atoms with Gasteiger partial charge in [-0.15, -0.1) is 0 Å². The summed E-state index contributed by atoms with van der Waals surface area (Å²) in [5, 5.41) is 0. The monoisotopic (exact) mass is 452 g/mol. The molecule has 0 radical (unpaired) electrons. The number of Topliss-reactive ketones (excluding diaryl/α,β-unsaturated/α-hetero) is 1. The summed E-state index contributed by atoms with van der Waals surface area (Å²) in [6, 6.07) is 12.2. The van der Waals surface area contributed by atoms with Crippen molar-refractivity contribution in [2.24, 2.45) is 0 Å². The standard InChI is InChI=1S/C24H24N2O7/c1-31-21-5-3-2-4-18(21)20(27)15-33-24(30)16-6-8-17(9-7-16)26-22(28)14-19(23(26)29)25-10-12-32-13-11-25/h2-9,19H,10-15H2,1H3. The third-order valence-corrected chi connectivity index (χ3v) is 5.71. The molecule has 2 saturated heterocycles. The molecule has 9 heteroatoms. The molecule has 2 fully saturated rings. The molecule has 0 bridgehead atoms. The molecule has 2 aromatic rings. The molecule has 172 valence electrons. The number of para-hydroxylation sites is 1. The van der Waals surface area contributed by atoms with Crippen LogP contribution in [0.4, 0.5) is 5.69 Å². The lowest BCUT2D eigenvalue weighted by molar-refractivity contribution is -0.123. The maximum Gasteiger partial charge on any atom is 0.338 e. The molecule has 2 amide bonds. The highest BCUT2D eigenvalue weighted by Gasteiger charge is 2.43. The zero-order valence-corrected chi connectivity index (χ0v) is 18.2. The highest BCUT2D eigenvalue weighted by molar-refractivity contribution is 6.22. The summed E-state index contributed by atoms with van der Waals surface area (Å²) in [7, 11) is 1.46. The number of methoxy groups -OCH3 is 1. The third kappa shape index (κ3) is 4.79. The number of carbonyl (C=O) groups excluding carboxylic acids is 4. The minimum atomic E-state index is -0.685. The number of hydrogen-bond donors (Lipinski definition) is 0. The van der Waals surface area contributed by atoms with Crippen LogP contribution >= 0.6 is 0 Å². The second-order valence-electron chi connectivity index (χ2n) is 7.68. The number of amides is 2. The van der Waals surface area contributed by atoms with E-state index in [0.717, 1.165) is 4.90 Å². The first-order chi connectivity index (χ1) is 16.0. The van der Waals surface area contributed by atoms with Crippen LogP contribution in [-0.2, 0) is 19.1 Å². The fourth-order valence-electron chi connectivity index (χ4n) is 3.98. The Morgan fingerprint density at radius 1 is 1.03 bits per heavy atom. The van der Waals surface area contributed by atoms with Gasteiger partial charge in [0.05, 0.1) is 49.6 Å². The summed E-state index contributed by atoms with van der Waals surface area (Å²) in [5.41, 5.74) is 0.918. The number of ether oxygens (including phenoxy) is 3. The number of carbonyl (C=O) groups is 4. The largest absolute Gasteiger partial charge is 0.496 e. The second-order valence-corrected chi connectivity index (χ2v) is 7.68. The summed E-state index contributed by atoms with van der Waals surface area (Å²) < 4.78 is 15.6. The Labute approximate surface area is 190 Å². The van der Waals surface area contributed by atoms with Gasteiger partial charge in [-0.2, -0.15) is 0 Å². The lowest BCUT2D eigenvalue weighted by Crippen LogP contribution is -2.47. The molecule has 2 heterocycles. The Morgan fingerprint density at radius 3 is 2.42 bits per heavy atom. The van der Waals surface area contributed by atoms with Crippen LogP contribution in [0.3, 0.4) is 0 Å². The average Bonchev–Trinajstić information content (AvgIpc) is 3.16. The number of nitrogens with zero attached hydrogens (tertiary/aromatic N) is 2. The van der Waals surface area contributed by atoms with Gasteiger partial charge in [0.25, 0.3) is 5.91 Å². The van der Waals surface area contributed by atoms with E-state index in [1.54, 1.807) is 24.3 Å². The number of morpholine rings is 1. The molecule has 1 unspecified atom stereocenters. The summed E-state index contributed by atoms with van der Waals surface area (Å²) in [5.74, 6) is -1.23. The number of anilines is 1. The van der Waals surface area contributed by atoms with Gasteiger partial charge in [0.2, 0.25) is 11.7 Å². The lowest BCUT2D eigenvalue weighted by atomic mass is 10.1. The first kappa shape index (κ1) is 22.6. The maximum atomic E-state index is 12.9. The summed E-state index contributed by atoms with van der Waals surface area (Å²) in [6.45, 7) is 1.85. The Balaban J connectivity index is 1.38. The zero-order chi connectivity index (χ0) is 23.4. The Hall–Kier alpha value is -3.56. The van der Waals surface area contributed by atoms with Crippen molar-refractivity contribution in [3.63, 3.8) is 0 Å². The van der Waals surface area contributed by atoms with Gasteiger partial charge in [0.15, 0.2) is 6.61 Å². The molecule has 0 N–H and O–H groups in total. The van der Waals surface area contributed by atoms with E-state index in [1.165, 1.54) is 31.4 Å². The van der Waals surface area contributed by atoms with Crippen molar-refractivity contribution < 1.29 is 33.4 Å². The Morgan fingerprint density at radius 2 is 1.73 bits per heavy atom. The van der Waals surface area contributed by atoms with Crippen LogP contribution in [0.15, 0.2) is 48.5 Å². The smallest absolute Gasteiger partial charge is 0.338 e. The van der Waals surface area contributed by atoms with Gasteiger partial charge in [-0.05, 0) is 36.4 Å². The number of ketones is 1. The third-order valence-electron chi connectivity index (χ3n) is 5.71. The molecule has 0 aromatic heterocycles. The van der Waals surface area contributed by atoms with Gasteiger partial charge in [-0.25, -0.2) is 9.69 Å². The van der Waals surface area contributed by atoms with Crippen LogP contribution < -0.4 is 9.64 Å². The van der Waals surface area contributed by atoms with E-state index < -0.39 is 18.6 Å². The Kier molecular flexibility index (Phi) is 6.81. The predicted molar refractivity (Wildman–Crippen MR) is 117 cm³/mol. The van der Waals surface area contributed by atoms with Gasteiger partial charge in [0, 0.05) is 13.1 Å². The van der Waals surface area contributed by atoms with Crippen LogP contribution in [0, 0.1) is 0 Å². The molecule has 1 atom stereocenters. The number of benzene rings is 2. The van der Waals surface area contributed by atoms with Crippen LogP contribution in [0.5, 0.6) is 5.75 Å². The minimum absolute atomic E-state index is 0.119. The first-order valence-electron chi connectivity index (χ1n) is 10.6. The van der Waals surface area contributed by atoms with E-state index in [9.17, 15) is 19.2 Å². The average molecular weight is 452 g/mol. The molecule has 9 nitrogen and oxygen atoms in total. The van der Waals surface area contributed by atoms with Crippen LogP contribution in [0.1, 0.15) is 27.1 Å². The molecule has 2 aromatic carbocycles. The van der Waals surface area contributed by atoms with Crippen molar-refractivity contribution in [2.75, 3.05) is 44.9 Å². The van der Waals surface area contributed by atoms with Crippen LogP contribution in [0.25, 0.3) is 0 Å². The van der Waals surface area contributed by atoms with E-state index >= 15 is 0 Å². The molecule has 2 aliphatic heterocycles. The predicted octanol–water partition coefficient (Wildman–Crippen LogP) is 1.70. The summed E-state index contributed by atoms with van der Waals surface area (Å²) in [4.78, 5) is 53.3. The van der Waals surface area contributed by atoms with E-state index in [0.29, 0.717) is 43.3 Å². The van der Waals surface area contributed by atoms with Gasteiger partial charge in [-0.1, -0.05) is 12.1 Å². The molecule has 33 heavy (non-hydrogen) atoms. The van der Waals surface area contributed by atoms with Crippen molar-refractivity contribution in [3.8, 4) is 5.75 Å². The van der Waals surface area contributed by atoms with Gasteiger partial charge in [-0.3, -0.25) is 19.3 Å². The quantitative estimate of drug-likeness (QED) is 0.355. The second kappa shape index (κ2) is 9.93.